The Morgan fingerprint density at radius 2 is 1.94 bits per heavy atom. The van der Waals surface area contributed by atoms with Gasteiger partial charge in [0.15, 0.2) is 11.5 Å². The first-order valence-corrected chi connectivity index (χ1v) is 10.1. The molecule has 2 aromatic heterocycles. The van der Waals surface area contributed by atoms with Gasteiger partial charge < -0.3 is 23.7 Å². The Morgan fingerprint density at radius 1 is 1.16 bits per heavy atom. The Kier molecular flexibility index (Phi) is 6.84. The number of hydrogen-bond acceptors (Lipinski definition) is 6. The van der Waals surface area contributed by atoms with Crippen molar-refractivity contribution < 1.29 is 23.2 Å². The molecule has 3 aromatic rings. The number of nitrogens with one attached hydrogen (secondary N) is 1. The highest BCUT2D eigenvalue weighted by Crippen LogP contribution is 2.30. The number of carbonyl (C=O) groups is 1. The second-order valence-electron chi connectivity index (χ2n) is 7.43. The number of benzene rings is 1. The van der Waals surface area contributed by atoms with Crippen LogP contribution in [0.1, 0.15) is 52.6 Å². The van der Waals surface area contributed by atoms with E-state index in [-0.39, 0.29) is 11.9 Å². The smallest absolute Gasteiger partial charge is 0.244 e. The van der Waals surface area contributed by atoms with Gasteiger partial charge in [-0.25, -0.2) is 0 Å². The summed E-state index contributed by atoms with van der Waals surface area (Å²) in [6.45, 7) is 9.77. The normalized spacial score (nSPS) is 12.2. The average molecular weight is 424 g/mol. The number of amides is 1. The van der Waals surface area contributed by atoms with Crippen LogP contribution in [-0.4, -0.2) is 18.2 Å². The van der Waals surface area contributed by atoms with Crippen molar-refractivity contribution in [1.82, 2.24) is 10.5 Å². The van der Waals surface area contributed by atoms with E-state index in [1.165, 1.54) is 6.08 Å². The molecule has 0 saturated heterocycles. The lowest BCUT2D eigenvalue weighted by atomic mass is 10.1. The van der Waals surface area contributed by atoms with Gasteiger partial charge in [-0.05, 0) is 64.5 Å². The molecule has 0 aliphatic rings. The maximum Gasteiger partial charge on any atom is 0.244 e. The van der Waals surface area contributed by atoms with Crippen LogP contribution < -0.4 is 14.8 Å². The van der Waals surface area contributed by atoms with Crippen LogP contribution in [0.5, 0.6) is 11.5 Å². The molecule has 0 aliphatic heterocycles. The van der Waals surface area contributed by atoms with E-state index in [9.17, 15) is 4.79 Å². The van der Waals surface area contributed by atoms with E-state index in [2.05, 4.69) is 10.5 Å². The summed E-state index contributed by atoms with van der Waals surface area (Å²) in [5.74, 6) is 3.36. The summed E-state index contributed by atoms with van der Waals surface area (Å²) >= 11 is 0. The van der Waals surface area contributed by atoms with Gasteiger partial charge in [-0.1, -0.05) is 11.2 Å². The van der Waals surface area contributed by atoms with Crippen LogP contribution in [0.25, 0.3) is 6.08 Å². The summed E-state index contributed by atoms with van der Waals surface area (Å²) in [5.41, 5.74) is 3.51. The van der Waals surface area contributed by atoms with E-state index >= 15 is 0 Å². The fraction of sp³-hybridized carbons (Fsp3) is 0.333. The minimum absolute atomic E-state index is 0.149. The molecule has 2 heterocycles. The number of carbonyl (C=O) groups excluding carboxylic acids is 1. The van der Waals surface area contributed by atoms with Crippen molar-refractivity contribution in [3.63, 3.8) is 0 Å². The lowest BCUT2D eigenvalue weighted by Gasteiger charge is -2.12. The first-order valence-electron chi connectivity index (χ1n) is 10.1. The van der Waals surface area contributed by atoms with E-state index in [0.717, 1.165) is 39.7 Å². The lowest BCUT2D eigenvalue weighted by Crippen LogP contribution is -2.24. The highest BCUT2D eigenvalue weighted by Gasteiger charge is 2.14. The molecule has 7 nitrogen and oxygen atoms in total. The predicted molar refractivity (Wildman–Crippen MR) is 117 cm³/mol. The molecule has 1 N–H and O–H groups in total. The van der Waals surface area contributed by atoms with E-state index in [1.54, 1.807) is 13.2 Å². The first-order chi connectivity index (χ1) is 14.8. The van der Waals surface area contributed by atoms with Crippen molar-refractivity contribution >= 4 is 12.0 Å². The average Bonchev–Trinajstić information content (AvgIpc) is 3.25. The van der Waals surface area contributed by atoms with E-state index in [0.29, 0.717) is 18.1 Å². The summed E-state index contributed by atoms with van der Waals surface area (Å²) in [6.07, 6.45) is 3.23. The van der Waals surface area contributed by atoms with Gasteiger partial charge >= 0.3 is 0 Å². The second-order valence-corrected chi connectivity index (χ2v) is 7.43. The van der Waals surface area contributed by atoms with Gasteiger partial charge in [-0.3, -0.25) is 4.79 Å². The SMILES string of the molecule is COc1cc(/C=C/C(=O)NC(C)c2cc(C)oc2C)ccc1OCc1c(C)noc1C. The highest BCUT2D eigenvalue weighted by atomic mass is 16.5. The summed E-state index contributed by atoms with van der Waals surface area (Å²) in [6, 6.07) is 7.29. The summed E-state index contributed by atoms with van der Waals surface area (Å²) in [5, 5.41) is 6.88. The molecule has 0 radical (unpaired) electrons. The van der Waals surface area contributed by atoms with Crippen LogP contribution in [0.2, 0.25) is 0 Å². The molecule has 164 valence electrons. The lowest BCUT2D eigenvalue weighted by molar-refractivity contribution is -0.117. The van der Waals surface area contributed by atoms with Crippen molar-refractivity contribution in [2.24, 2.45) is 0 Å². The minimum Gasteiger partial charge on any atom is -0.493 e. The number of furan rings is 1. The van der Waals surface area contributed by atoms with Gasteiger partial charge in [0.2, 0.25) is 5.91 Å². The van der Waals surface area contributed by atoms with Crippen LogP contribution in [0.3, 0.4) is 0 Å². The molecule has 1 atom stereocenters. The largest absolute Gasteiger partial charge is 0.493 e. The van der Waals surface area contributed by atoms with Crippen molar-refractivity contribution in [1.29, 1.82) is 0 Å². The number of ether oxygens (including phenoxy) is 2. The molecule has 3 rings (SSSR count). The maximum atomic E-state index is 12.3. The van der Waals surface area contributed by atoms with Gasteiger partial charge in [0.25, 0.3) is 0 Å². The summed E-state index contributed by atoms with van der Waals surface area (Å²) < 4.78 is 22.0. The number of methoxy groups -OCH3 is 1. The first kappa shape index (κ1) is 22.2. The third-order valence-electron chi connectivity index (χ3n) is 5.07. The second kappa shape index (κ2) is 9.55. The Hall–Kier alpha value is -3.48. The Bertz CT molecular complexity index is 1070. The fourth-order valence-corrected chi connectivity index (χ4v) is 3.36. The molecule has 0 aliphatic carbocycles. The third kappa shape index (κ3) is 5.36. The Balaban J connectivity index is 1.64. The van der Waals surface area contributed by atoms with E-state index in [1.807, 2.05) is 58.9 Å². The summed E-state index contributed by atoms with van der Waals surface area (Å²) in [7, 11) is 1.58. The van der Waals surface area contributed by atoms with Crippen LogP contribution in [0.4, 0.5) is 0 Å². The van der Waals surface area contributed by atoms with Crippen LogP contribution in [0.15, 0.2) is 39.3 Å². The van der Waals surface area contributed by atoms with Crippen molar-refractivity contribution in [3.05, 3.63) is 70.0 Å². The van der Waals surface area contributed by atoms with Crippen LogP contribution >= 0.6 is 0 Å². The predicted octanol–water partition coefficient (Wildman–Crippen LogP) is 4.98. The minimum atomic E-state index is -0.191. The molecular weight excluding hydrogens is 396 g/mol. The molecule has 1 aromatic carbocycles. The zero-order chi connectivity index (χ0) is 22.5. The molecule has 1 unspecified atom stereocenters. The fourth-order valence-electron chi connectivity index (χ4n) is 3.36. The standard InChI is InChI=1S/C24H28N2O5/c1-14-11-20(17(4)30-14)15(2)25-24(27)10-8-19-7-9-22(23(12-19)28-6)29-13-21-16(3)26-31-18(21)5/h7-12,15H,13H2,1-6H3,(H,25,27)/b10-8+. The topological polar surface area (TPSA) is 86.7 Å². The van der Waals surface area contributed by atoms with Crippen molar-refractivity contribution in [3.8, 4) is 11.5 Å². The van der Waals surface area contributed by atoms with Crippen molar-refractivity contribution in [2.75, 3.05) is 7.11 Å². The van der Waals surface area contributed by atoms with Crippen LogP contribution in [-0.2, 0) is 11.4 Å². The quantitative estimate of drug-likeness (QED) is 0.513. The van der Waals surface area contributed by atoms with E-state index < -0.39 is 0 Å². The van der Waals surface area contributed by atoms with Crippen LogP contribution in [0, 0.1) is 27.7 Å². The zero-order valence-corrected chi connectivity index (χ0v) is 18.7. The summed E-state index contributed by atoms with van der Waals surface area (Å²) in [4.78, 5) is 12.3. The molecule has 0 fully saturated rings. The maximum absolute atomic E-state index is 12.3. The molecule has 31 heavy (non-hydrogen) atoms. The Labute approximate surface area is 182 Å². The van der Waals surface area contributed by atoms with Gasteiger partial charge in [0, 0.05) is 11.6 Å². The monoisotopic (exact) mass is 424 g/mol. The van der Waals surface area contributed by atoms with Gasteiger partial charge in [0.1, 0.15) is 23.9 Å². The van der Waals surface area contributed by atoms with E-state index in [4.69, 9.17) is 18.4 Å². The number of nitrogens with zero attached hydrogens (tertiary/aromatic N) is 1. The number of aryl methyl sites for hydroxylation is 4. The molecule has 0 spiro atoms. The zero-order valence-electron chi connectivity index (χ0n) is 18.7. The van der Waals surface area contributed by atoms with Gasteiger partial charge in [-0.15, -0.1) is 0 Å². The molecule has 0 bridgehead atoms. The number of aromatic nitrogens is 1. The van der Waals surface area contributed by atoms with Crippen molar-refractivity contribution in [2.45, 2.75) is 47.3 Å². The Morgan fingerprint density at radius 3 is 2.55 bits per heavy atom. The highest BCUT2D eigenvalue weighted by molar-refractivity contribution is 5.92. The molecule has 7 heteroatoms. The van der Waals surface area contributed by atoms with Gasteiger partial charge in [0.05, 0.1) is 24.4 Å². The number of hydrogen-bond donors (Lipinski definition) is 1. The molecular formula is C24H28N2O5. The van der Waals surface area contributed by atoms with Gasteiger partial charge in [-0.2, -0.15) is 0 Å². The number of rotatable bonds is 8. The molecule has 1 amide bonds. The third-order valence-corrected chi connectivity index (χ3v) is 5.07. The molecule has 0 saturated carbocycles.